The number of hydrogen-bond donors (Lipinski definition) is 3. The van der Waals surface area contributed by atoms with Gasteiger partial charge in [-0.05, 0) is 25.0 Å². The maximum absolute atomic E-state index is 11.8. The Bertz CT molecular complexity index is 530. The van der Waals surface area contributed by atoms with Crippen molar-refractivity contribution in [3.63, 3.8) is 0 Å². The summed E-state index contributed by atoms with van der Waals surface area (Å²) in [4.78, 5) is 32.3. The molecule has 0 atom stereocenters. The van der Waals surface area contributed by atoms with Gasteiger partial charge in [0.2, 0.25) is 5.91 Å². The van der Waals surface area contributed by atoms with Crippen LogP contribution >= 0.6 is 0 Å². The topological polar surface area (TPSA) is 141 Å². The first-order chi connectivity index (χ1) is 9.41. The molecule has 20 heavy (non-hydrogen) atoms. The Morgan fingerprint density at radius 1 is 1.30 bits per heavy atom. The summed E-state index contributed by atoms with van der Waals surface area (Å²) < 4.78 is 0. The van der Waals surface area contributed by atoms with Crippen LogP contribution in [0.15, 0.2) is 18.2 Å². The van der Waals surface area contributed by atoms with E-state index in [4.69, 9.17) is 11.5 Å². The quantitative estimate of drug-likeness (QED) is 0.289. The third kappa shape index (κ3) is 4.56. The Labute approximate surface area is 115 Å². The third-order valence-electron chi connectivity index (χ3n) is 2.62. The first-order valence-corrected chi connectivity index (χ1v) is 6.02. The van der Waals surface area contributed by atoms with Crippen LogP contribution in [0.25, 0.3) is 0 Å². The molecule has 0 radical (unpaired) electrons. The van der Waals surface area contributed by atoms with Crippen molar-refractivity contribution in [2.75, 3.05) is 12.3 Å². The van der Waals surface area contributed by atoms with E-state index in [2.05, 4.69) is 5.32 Å². The summed E-state index contributed by atoms with van der Waals surface area (Å²) in [5.41, 5.74) is 10.3. The van der Waals surface area contributed by atoms with Gasteiger partial charge in [0.1, 0.15) is 5.69 Å². The first-order valence-electron chi connectivity index (χ1n) is 6.02. The molecular weight excluding hydrogens is 264 g/mol. The van der Waals surface area contributed by atoms with Gasteiger partial charge >= 0.3 is 0 Å². The Kier molecular flexibility index (Phi) is 5.45. The van der Waals surface area contributed by atoms with E-state index in [0.717, 1.165) is 6.07 Å². The number of nitrogens with two attached hydrogens (primary N) is 2. The number of nitro groups is 1. The molecule has 0 saturated heterocycles. The van der Waals surface area contributed by atoms with Crippen molar-refractivity contribution in [2.24, 2.45) is 5.73 Å². The lowest BCUT2D eigenvalue weighted by molar-refractivity contribution is -0.383. The van der Waals surface area contributed by atoms with Crippen LogP contribution < -0.4 is 16.8 Å². The maximum atomic E-state index is 11.8. The number of carbonyl (C=O) groups excluding carboxylic acids is 2. The highest BCUT2D eigenvalue weighted by atomic mass is 16.6. The van der Waals surface area contributed by atoms with Gasteiger partial charge in [-0.2, -0.15) is 0 Å². The number of amides is 2. The minimum absolute atomic E-state index is 0.00741. The molecule has 8 heteroatoms. The van der Waals surface area contributed by atoms with E-state index < -0.39 is 10.8 Å². The van der Waals surface area contributed by atoms with E-state index in [1.165, 1.54) is 12.1 Å². The molecule has 0 aliphatic rings. The lowest BCUT2D eigenvalue weighted by atomic mass is 10.1. The number of nitro benzene ring substituents is 1. The summed E-state index contributed by atoms with van der Waals surface area (Å²) in [5, 5.41) is 13.3. The number of nitrogen functional groups attached to an aromatic ring is 1. The second kappa shape index (κ2) is 7.07. The number of unbranched alkanes of at least 4 members (excludes halogenated alkanes) is 1. The number of benzene rings is 1. The number of nitrogens with one attached hydrogen (secondary N) is 1. The molecule has 0 heterocycles. The van der Waals surface area contributed by atoms with Crippen LogP contribution in [0.5, 0.6) is 0 Å². The highest BCUT2D eigenvalue weighted by Crippen LogP contribution is 2.22. The highest BCUT2D eigenvalue weighted by Gasteiger charge is 2.15. The number of primary amides is 1. The van der Waals surface area contributed by atoms with Crippen molar-refractivity contribution in [3.8, 4) is 0 Å². The normalized spacial score (nSPS) is 10.0. The number of anilines is 1. The van der Waals surface area contributed by atoms with E-state index in [-0.39, 0.29) is 29.3 Å². The van der Waals surface area contributed by atoms with Gasteiger partial charge in [0.15, 0.2) is 0 Å². The SMILES string of the molecule is NC(=O)CCCCNC(=O)c1ccc(N)c([N+](=O)[O-])c1. The fourth-order valence-electron chi connectivity index (χ4n) is 1.57. The van der Waals surface area contributed by atoms with Gasteiger partial charge < -0.3 is 16.8 Å². The number of hydrogen-bond acceptors (Lipinski definition) is 5. The van der Waals surface area contributed by atoms with Gasteiger partial charge in [-0.1, -0.05) is 0 Å². The summed E-state index contributed by atoms with van der Waals surface area (Å²) in [6.45, 7) is 0.365. The molecule has 0 unspecified atom stereocenters. The predicted octanol–water partition coefficient (Wildman–Crippen LogP) is 0.562. The van der Waals surface area contributed by atoms with Crippen molar-refractivity contribution in [1.82, 2.24) is 5.32 Å². The second-order valence-electron chi connectivity index (χ2n) is 4.21. The molecule has 1 aromatic rings. The summed E-state index contributed by atoms with van der Waals surface area (Å²) in [6, 6.07) is 3.87. The molecule has 0 spiro atoms. The Morgan fingerprint density at radius 2 is 2.00 bits per heavy atom. The Balaban J connectivity index is 2.53. The average Bonchev–Trinajstić information content (AvgIpc) is 2.37. The van der Waals surface area contributed by atoms with E-state index in [0.29, 0.717) is 19.4 Å². The fourth-order valence-corrected chi connectivity index (χ4v) is 1.57. The minimum Gasteiger partial charge on any atom is -0.393 e. The van der Waals surface area contributed by atoms with Crippen LogP contribution in [0, 0.1) is 10.1 Å². The Morgan fingerprint density at radius 3 is 2.60 bits per heavy atom. The van der Waals surface area contributed by atoms with Crippen LogP contribution in [0.4, 0.5) is 11.4 Å². The molecule has 0 saturated carbocycles. The van der Waals surface area contributed by atoms with E-state index in [9.17, 15) is 19.7 Å². The van der Waals surface area contributed by atoms with Crippen LogP contribution in [0.3, 0.4) is 0 Å². The van der Waals surface area contributed by atoms with E-state index >= 15 is 0 Å². The van der Waals surface area contributed by atoms with E-state index in [1.807, 2.05) is 0 Å². The van der Waals surface area contributed by atoms with Crippen molar-refractivity contribution < 1.29 is 14.5 Å². The molecule has 0 fully saturated rings. The molecule has 108 valence electrons. The average molecular weight is 280 g/mol. The smallest absolute Gasteiger partial charge is 0.292 e. The number of rotatable bonds is 7. The molecule has 0 aliphatic heterocycles. The number of carbonyl (C=O) groups is 2. The zero-order chi connectivity index (χ0) is 15.1. The van der Waals surface area contributed by atoms with Crippen LogP contribution in [-0.2, 0) is 4.79 Å². The molecule has 0 aromatic heterocycles. The number of nitrogens with zero attached hydrogens (tertiary/aromatic N) is 1. The monoisotopic (exact) mass is 280 g/mol. The zero-order valence-electron chi connectivity index (χ0n) is 10.8. The molecular formula is C12H16N4O4. The predicted molar refractivity (Wildman–Crippen MR) is 72.9 cm³/mol. The highest BCUT2D eigenvalue weighted by molar-refractivity contribution is 5.95. The van der Waals surface area contributed by atoms with Gasteiger partial charge in [-0.25, -0.2) is 0 Å². The lowest BCUT2D eigenvalue weighted by Gasteiger charge is -2.05. The fraction of sp³-hybridized carbons (Fsp3) is 0.333. The zero-order valence-corrected chi connectivity index (χ0v) is 10.8. The minimum atomic E-state index is -0.640. The van der Waals surface area contributed by atoms with Crippen molar-refractivity contribution >= 4 is 23.2 Å². The summed E-state index contributed by atoms with van der Waals surface area (Å²) in [6.07, 6.45) is 1.45. The standard InChI is InChI=1S/C12H16N4O4/c13-9-5-4-8(7-10(9)16(19)20)12(18)15-6-2-1-3-11(14)17/h4-5,7H,1-3,6,13H2,(H2,14,17)(H,15,18). The first kappa shape index (κ1) is 15.4. The van der Waals surface area contributed by atoms with Crippen molar-refractivity contribution in [1.29, 1.82) is 0 Å². The molecule has 5 N–H and O–H groups in total. The van der Waals surface area contributed by atoms with Crippen LogP contribution in [0.2, 0.25) is 0 Å². The molecule has 0 bridgehead atoms. The van der Waals surface area contributed by atoms with Crippen molar-refractivity contribution in [2.45, 2.75) is 19.3 Å². The van der Waals surface area contributed by atoms with E-state index in [1.54, 1.807) is 0 Å². The van der Waals surface area contributed by atoms with Gasteiger partial charge in [0, 0.05) is 24.6 Å². The summed E-state index contributed by atoms with van der Waals surface area (Å²) in [7, 11) is 0. The third-order valence-corrected chi connectivity index (χ3v) is 2.62. The molecule has 1 rings (SSSR count). The van der Waals surface area contributed by atoms with Crippen molar-refractivity contribution in [3.05, 3.63) is 33.9 Å². The largest absolute Gasteiger partial charge is 0.393 e. The summed E-state index contributed by atoms with van der Waals surface area (Å²) in [5.74, 6) is -0.808. The van der Waals surface area contributed by atoms with Gasteiger partial charge in [0.25, 0.3) is 11.6 Å². The Hall–Kier alpha value is -2.64. The van der Waals surface area contributed by atoms with Gasteiger partial charge in [-0.15, -0.1) is 0 Å². The van der Waals surface area contributed by atoms with Gasteiger partial charge in [0.05, 0.1) is 4.92 Å². The van der Waals surface area contributed by atoms with Crippen LogP contribution in [0.1, 0.15) is 29.6 Å². The molecule has 0 aliphatic carbocycles. The molecule has 8 nitrogen and oxygen atoms in total. The maximum Gasteiger partial charge on any atom is 0.292 e. The molecule has 1 aromatic carbocycles. The molecule has 2 amide bonds. The lowest BCUT2D eigenvalue weighted by Crippen LogP contribution is -2.24. The van der Waals surface area contributed by atoms with Crippen LogP contribution in [-0.4, -0.2) is 23.3 Å². The van der Waals surface area contributed by atoms with Gasteiger partial charge in [-0.3, -0.25) is 19.7 Å². The summed E-state index contributed by atoms with van der Waals surface area (Å²) >= 11 is 0. The second-order valence-corrected chi connectivity index (χ2v) is 4.21.